The number of fused-ring (bicyclic) bond motifs is 7. The van der Waals surface area contributed by atoms with Crippen molar-refractivity contribution in [2.24, 2.45) is 0 Å². The molecule has 2 heterocycles. The summed E-state index contributed by atoms with van der Waals surface area (Å²) in [6.45, 7) is 0. The first-order chi connectivity index (χ1) is 13.9. The first-order valence-electron chi connectivity index (χ1n) is 9.20. The number of nitrogens with zero attached hydrogens (tertiary/aromatic N) is 2. The third-order valence-electron chi connectivity index (χ3n) is 5.44. The SMILES string of the molecule is N#Cc1ccccc1-n1c2ccccc2c2ccc3c4ccccc4sc3c21. The van der Waals surface area contributed by atoms with Crippen molar-refractivity contribution in [2.75, 3.05) is 0 Å². The summed E-state index contributed by atoms with van der Waals surface area (Å²) in [6.07, 6.45) is 0. The van der Waals surface area contributed by atoms with E-state index in [-0.39, 0.29) is 0 Å². The summed E-state index contributed by atoms with van der Waals surface area (Å²) in [5, 5.41) is 14.7. The second-order valence-corrected chi connectivity index (χ2v) is 7.97. The normalized spacial score (nSPS) is 11.5. The summed E-state index contributed by atoms with van der Waals surface area (Å²) in [4.78, 5) is 0. The molecule has 28 heavy (non-hydrogen) atoms. The fraction of sp³-hybridized carbons (Fsp3) is 0. The minimum Gasteiger partial charge on any atom is -0.306 e. The van der Waals surface area contributed by atoms with Crippen LogP contribution in [0.2, 0.25) is 0 Å². The van der Waals surface area contributed by atoms with Crippen molar-refractivity contribution in [3.63, 3.8) is 0 Å². The van der Waals surface area contributed by atoms with Crippen LogP contribution in [0.15, 0.2) is 84.9 Å². The third kappa shape index (κ3) is 1.95. The van der Waals surface area contributed by atoms with Crippen LogP contribution in [0.5, 0.6) is 0 Å². The fourth-order valence-corrected chi connectivity index (χ4v) is 5.48. The molecule has 2 nitrogen and oxygen atoms in total. The summed E-state index contributed by atoms with van der Waals surface area (Å²) in [6, 6.07) is 31.7. The molecule has 0 aliphatic carbocycles. The van der Waals surface area contributed by atoms with E-state index in [2.05, 4.69) is 71.3 Å². The smallest absolute Gasteiger partial charge is 0.101 e. The molecule has 0 saturated heterocycles. The number of aromatic nitrogens is 1. The summed E-state index contributed by atoms with van der Waals surface area (Å²) < 4.78 is 4.82. The van der Waals surface area contributed by atoms with Crippen molar-refractivity contribution >= 4 is 53.3 Å². The van der Waals surface area contributed by atoms with Crippen molar-refractivity contribution in [1.82, 2.24) is 4.57 Å². The van der Waals surface area contributed by atoms with Crippen molar-refractivity contribution in [2.45, 2.75) is 0 Å². The van der Waals surface area contributed by atoms with E-state index in [4.69, 9.17) is 0 Å². The van der Waals surface area contributed by atoms with Crippen molar-refractivity contribution < 1.29 is 0 Å². The highest BCUT2D eigenvalue weighted by molar-refractivity contribution is 7.26. The highest BCUT2D eigenvalue weighted by atomic mass is 32.1. The van der Waals surface area contributed by atoms with Gasteiger partial charge in [0.15, 0.2) is 0 Å². The lowest BCUT2D eigenvalue weighted by atomic mass is 10.1. The molecule has 0 saturated carbocycles. The van der Waals surface area contributed by atoms with Gasteiger partial charge in [0.05, 0.1) is 27.0 Å². The van der Waals surface area contributed by atoms with E-state index in [0.717, 1.165) is 11.2 Å². The zero-order valence-corrected chi connectivity index (χ0v) is 15.7. The predicted molar refractivity (Wildman–Crippen MR) is 118 cm³/mol. The van der Waals surface area contributed by atoms with Gasteiger partial charge in [-0.2, -0.15) is 5.26 Å². The number of benzene rings is 4. The predicted octanol–water partition coefficient (Wildman–Crippen LogP) is 7.02. The van der Waals surface area contributed by atoms with Crippen LogP contribution in [0.1, 0.15) is 5.56 Å². The quantitative estimate of drug-likeness (QED) is 0.304. The van der Waals surface area contributed by atoms with Gasteiger partial charge >= 0.3 is 0 Å². The molecule has 130 valence electrons. The Morgan fingerprint density at radius 1 is 0.679 bits per heavy atom. The summed E-state index contributed by atoms with van der Waals surface area (Å²) in [5.41, 5.74) is 3.93. The molecule has 3 heteroatoms. The van der Waals surface area contributed by atoms with Crippen LogP contribution in [-0.4, -0.2) is 4.57 Å². The molecule has 2 aromatic heterocycles. The Morgan fingerprint density at radius 2 is 1.39 bits per heavy atom. The molecule has 0 spiro atoms. The molecule has 6 rings (SSSR count). The van der Waals surface area contributed by atoms with Crippen LogP contribution in [-0.2, 0) is 0 Å². The molecular weight excluding hydrogens is 360 g/mol. The van der Waals surface area contributed by atoms with Gasteiger partial charge in [0.1, 0.15) is 6.07 Å². The maximum Gasteiger partial charge on any atom is 0.101 e. The first kappa shape index (κ1) is 15.4. The number of hydrogen-bond donors (Lipinski definition) is 0. The number of thiophene rings is 1. The van der Waals surface area contributed by atoms with Gasteiger partial charge in [-0.1, -0.05) is 60.7 Å². The molecule has 0 unspecified atom stereocenters. The van der Waals surface area contributed by atoms with Crippen molar-refractivity contribution in [3.05, 3.63) is 90.5 Å². The van der Waals surface area contributed by atoms with E-state index in [0.29, 0.717) is 5.56 Å². The molecule has 0 bridgehead atoms. The van der Waals surface area contributed by atoms with Crippen molar-refractivity contribution in [3.8, 4) is 11.8 Å². The highest BCUT2D eigenvalue weighted by Gasteiger charge is 2.18. The Labute approximate surface area is 165 Å². The van der Waals surface area contributed by atoms with E-state index in [9.17, 15) is 5.26 Å². The summed E-state index contributed by atoms with van der Waals surface area (Å²) in [5.74, 6) is 0. The Morgan fingerprint density at radius 3 is 2.29 bits per heavy atom. The number of para-hydroxylation sites is 2. The van der Waals surface area contributed by atoms with Crippen LogP contribution in [0.25, 0.3) is 47.7 Å². The van der Waals surface area contributed by atoms with E-state index in [1.165, 1.54) is 36.5 Å². The van der Waals surface area contributed by atoms with Gasteiger partial charge in [0, 0.05) is 26.2 Å². The molecule has 0 aliphatic heterocycles. The van der Waals surface area contributed by atoms with Crippen LogP contribution in [0.3, 0.4) is 0 Å². The van der Waals surface area contributed by atoms with Gasteiger partial charge < -0.3 is 4.57 Å². The Balaban J connectivity index is 1.92. The van der Waals surface area contributed by atoms with Gasteiger partial charge in [0.2, 0.25) is 0 Å². The molecule has 0 N–H and O–H groups in total. The van der Waals surface area contributed by atoms with E-state index < -0.39 is 0 Å². The molecular formula is C25H14N2S. The second-order valence-electron chi connectivity index (χ2n) is 6.92. The third-order valence-corrected chi connectivity index (χ3v) is 6.64. The molecule has 0 aliphatic rings. The monoisotopic (exact) mass is 374 g/mol. The van der Waals surface area contributed by atoms with Gasteiger partial charge in [-0.15, -0.1) is 11.3 Å². The number of rotatable bonds is 1. The lowest BCUT2D eigenvalue weighted by molar-refractivity contribution is 1.17. The average Bonchev–Trinajstić information content (AvgIpc) is 3.29. The minimum atomic E-state index is 0.684. The van der Waals surface area contributed by atoms with Crippen LogP contribution in [0.4, 0.5) is 0 Å². The lowest BCUT2D eigenvalue weighted by Gasteiger charge is -2.10. The highest BCUT2D eigenvalue weighted by Crippen LogP contribution is 2.42. The Hall–Kier alpha value is -3.61. The van der Waals surface area contributed by atoms with Crippen LogP contribution >= 0.6 is 11.3 Å². The second kappa shape index (κ2) is 5.69. The fourth-order valence-electron chi connectivity index (χ4n) is 4.24. The van der Waals surface area contributed by atoms with E-state index in [1.54, 1.807) is 0 Å². The van der Waals surface area contributed by atoms with Crippen LogP contribution in [0, 0.1) is 11.3 Å². The minimum absolute atomic E-state index is 0.684. The molecule has 0 amide bonds. The first-order valence-corrected chi connectivity index (χ1v) is 10.0. The van der Waals surface area contributed by atoms with Crippen molar-refractivity contribution in [1.29, 1.82) is 5.26 Å². The van der Waals surface area contributed by atoms with Gasteiger partial charge in [-0.05, 0) is 24.3 Å². The van der Waals surface area contributed by atoms with Gasteiger partial charge in [0.25, 0.3) is 0 Å². The number of hydrogen-bond acceptors (Lipinski definition) is 2. The largest absolute Gasteiger partial charge is 0.306 e. The zero-order chi connectivity index (χ0) is 18.7. The molecule has 0 atom stereocenters. The van der Waals surface area contributed by atoms with E-state index in [1.807, 2.05) is 35.6 Å². The summed E-state index contributed by atoms with van der Waals surface area (Å²) in [7, 11) is 0. The van der Waals surface area contributed by atoms with Crippen LogP contribution < -0.4 is 0 Å². The topological polar surface area (TPSA) is 28.7 Å². The maximum absolute atomic E-state index is 9.73. The van der Waals surface area contributed by atoms with Gasteiger partial charge in [-0.3, -0.25) is 0 Å². The molecule has 6 aromatic rings. The standard InChI is InChI=1S/C25H14N2S/c26-15-16-7-1-4-10-21(16)27-22-11-5-2-8-17(22)19-13-14-20-18-9-3-6-12-23(18)28-25(20)24(19)27/h1-14H. The molecule has 0 radical (unpaired) electrons. The molecule has 4 aromatic carbocycles. The lowest BCUT2D eigenvalue weighted by Crippen LogP contribution is -1.97. The average molecular weight is 374 g/mol. The molecule has 0 fully saturated rings. The zero-order valence-electron chi connectivity index (χ0n) is 14.9. The number of nitriles is 1. The van der Waals surface area contributed by atoms with Gasteiger partial charge in [-0.25, -0.2) is 0 Å². The Kier molecular flexibility index (Phi) is 3.14. The Bertz CT molecular complexity index is 1580. The maximum atomic E-state index is 9.73. The summed E-state index contributed by atoms with van der Waals surface area (Å²) >= 11 is 1.82. The van der Waals surface area contributed by atoms with E-state index >= 15 is 0 Å².